The molecule has 1 saturated heterocycles. The summed E-state index contributed by atoms with van der Waals surface area (Å²) >= 11 is 0. The molecule has 234 valence electrons. The molecule has 3 fully saturated rings. The first-order valence-electron chi connectivity index (χ1n) is 15.6. The number of hydrogen-bond acceptors (Lipinski definition) is 8. The summed E-state index contributed by atoms with van der Waals surface area (Å²) in [5.74, 6) is 3.30. The first-order valence-corrected chi connectivity index (χ1v) is 15.6. The molecule has 3 aliphatic carbocycles. The second-order valence-corrected chi connectivity index (χ2v) is 12.1. The van der Waals surface area contributed by atoms with E-state index in [-0.39, 0.29) is 18.1 Å². The van der Waals surface area contributed by atoms with E-state index in [1.807, 2.05) is 18.2 Å². The third kappa shape index (κ3) is 6.49. The third-order valence-corrected chi connectivity index (χ3v) is 9.36. The predicted molar refractivity (Wildman–Crippen MR) is 163 cm³/mol. The van der Waals surface area contributed by atoms with Gasteiger partial charge in [-0.05, 0) is 80.5 Å². The van der Waals surface area contributed by atoms with Crippen LogP contribution in [0.5, 0.6) is 11.5 Å². The molecule has 5 atom stereocenters. The standard InChI is InChI=1S/C26H30O4.C4H9N.C3H8O2.CH4O/c1-3-25-20-11-12-26(28-13-14-29-26)24(25)30-23-21(27-16-18-7-5-4-6-8-18)10-9-19(22(23)25)15-17(20)2;5-3-4-1-2-4;1-3(5)2-4;1-2/h4-10,17,20,24H,3,11-16H2,1-2H3;4H,1-3,5H2;3-5H,2H2,1H3;2H,1H3/t17-,20?,24-,25+;;;/m1.../s1. The SMILES string of the molecule is CC(O)CO.CC[C@]12c3c4ccc(OCc5ccccc5)c3O[C@H]1C1(CCC2[C@H](C)C4)OCCO1.CO.NCC1CC1. The minimum Gasteiger partial charge on any atom is -0.485 e. The van der Waals surface area contributed by atoms with Crippen LogP contribution in [0.2, 0.25) is 0 Å². The quantitative estimate of drug-likeness (QED) is 0.395. The van der Waals surface area contributed by atoms with Gasteiger partial charge in [0.25, 0.3) is 0 Å². The molecule has 42 heavy (non-hydrogen) atoms. The maximum atomic E-state index is 8.11. The Balaban J connectivity index is 0.000000287. The Morgan fingerprint density at radius 2 is 1.71 bits per heavy atom. The lowest BCUT2D eigenvalue weighted by molar-refractivity contribution is -0.254. The summed E-state index contributed by atoms with van der Waals surface area (Å²) in [6.45, 7) is 8.87. The Morgan fingerprint density at radius 1 is 1.05 bits per heavy atom. The summed E-state index contributed by atoms with van der Waals surface area (Å²) in [6.07, 6.45) is 6.29. The van der Waals surface area contributed by atoms with Crippen molar-refractivity contribution in [1.82, 2.24) is 0 Å². The summed E-state index contributed by atoms with van der Waals surface area (Å²) in [6, 6.07) is 14.7. The minimum absolute atomic E-state index is 0.0585. The fraction of sp³-hybridized carbons (Fsp3) is 0.647. The van der Waals surface area contributed by atoms with Crippen molar-refractivity contribution in [3.05, 3.63) is 59.2 Å². The van der Waals surface area contributed by atoms with Gasteiger partial charge in [0.05, 0.1) is 25.9 Å². The van der Waals surface area contributed by atoms with Gasteiger partial charge >= 0.3 is 0 Å². The molecule has 5 aliphatic rings. The highest BCUT2D eigenvalue weighted by molar-refractivity contribution is 5.60. The van der Waals surface area contributed by atoms with Gasteiger partial charge in [-0.2, -0.15) is 0 Å². The van der Waals surface area contributed by atoms with Gasteiger partial charge in [0, 0.05) is 24.5 Å². The lowest BCUT2D eigenvalue weighted by atomic mass is 9.51. The zero-order chi connectivity index (χ0) is 30.3. The average Bonchev–Trinajstić information content (AvgIpc) is 3.64. The van der Waals surface area contributed by atoms with Crippen molar-refractivity contribution in [2.45, 2.75) is 89.3 Å². The topological polar surface area (TPSA) is 124 Å². The van der Waals surface area contributed by atoms with Gasteiger partial charge in [-0.25, -0.2) is 0 Å². The molecule has 2 aromatic rings. The molecule has 2 saturated carbocycles. The molecule has 2 aromatic carbocycles. The molecule has 7 rings (SSSR count). The molecular formula is C34H51NO7. The summed E-state index contributed by atoms with van der Waals surface area (Å²) in [4.78, 5) is 0. The maximum Gasteiger partial charge on any atom is 0.206 e. The van der Waals surface area contributed by atoms with Crippen LogP contribution < -0.4 is 15.2 Å². The van der Waals surface area contributed by atoms with E-state index in [9.17, 15) is 0 Å². The minimum atomic E-state index is -0.615. The van der Waals surface area contributed by atoms with Crippen LogP contribution in [0.3, 0.4) is 0 Å². The number of fused-ring (bicyclic) bond motifs is 1. The number of rotatable bonds is 6. The number of aliphatic hydroxyl groups excluding tert-OH is 3. The van der Waals surface area contributed by atoms with Crippen molar-refractivity contribution < 1.29 is 34.3 Å². The van der Waals surface area contributed by atoms with E-state index >= 15 is 0 Å². The monoisotopic (exact) mass is 585 g/mol. The van der Waals surface area contributed by atoms with Crippen LogP contribution in [0.15, 0.2) is 42.5 Å². The lowest BCUT2D eigenvalue weighted by Gasteiger charge is -2.55. The molecule has 0 aromatic heterocycles. The highest BCUT2D eigenvalue weighted by Gasteiger charge is 2.68. The molecule has 2 unspecified atom stereocenters. The fourth-order valence-electron chi connectivity index (χ4n) is 7.24. The van der Waals surface area contributed by atoms with Crippen molar-refractivity contribution in [1.29, 1.82) is 0 Å². The van der Waals surface area contributed by atoms with Gasteiger partial charge in [0.15, 0.2) is 17.6 Å². The predicted octanol–water partition coefficient (Wildman–Crippen LogP) is 4.34. The van der Waals surface area contributed by atoms with Crippen LogP contribution in [-0.4, -0.2) is 66.8 Å². The third-order valence-electron chi connectivity index (χ3n) is 9.36. The smallest absolute Gasteiger partial charge is 0.206 e. The van der Waals surface area contributed by atoms with Gasteiger partial charge < -0.3 is 40.0 Å². The highest BCUT2D eigenvalue weighted by atomic mass is 16.8. The molecule has 0 bridgehead atoms. The summed E-state index contributed by atoms with van der Waals surface area (Å²) in [7, 11) is 1.00. The van der Waals surface area contributed by atoms with Crippen LogP contribution >= 0.6 is 0 Å². The number of hydrogen-bond donors (Lipinski definition) is 4. The van der Waals surface area contributed by atoms with Crippen molar-refractivity contribution >= 4 is 0 Å². The van der Waals surface area contributed by atoms with Crippen molar-refractivity contribution in [3.8, 4) is 11.5 Å². The molecule has 0 radical (unpaired) electrons. The van der Waals surface area contributed by atoms with Crippen LogP contribution in [0.4, 0.5) is 0 Å². The van der Waals surface area contributed by atoms with Gasteiger partial charge in [0.2, 0.25) is 5.79 Å². The van der Waals surface area contributed by atoms with Crippen LogP contribution in [0.1, 0.15) is 69.6 Å². The number of ether oxygens (including phenoxy) is 4. The van der Waals surface area contributed by atoms with Gasteiger partial charge in [-0.3, -0.25) is 0 Å². The zero-order valence-corrected chi connectivity index (χ0v) is 25.8. The molecule has 0 amide bonds. The highest BCUT2D eigenvalue weighted by Crippen LogP contribution is 2.65. The van der Waals surface area contributed by atoms with Crippen molar-refractivity contribution in [2.24, 2.45) is 23.5 Å². The fourth-order valence-corrected chi connectivity index (χ4v) is 7.24. The summed E-state index contributed by atoms with van der Waals surface area (Å²) < 4.78 is 25.7. The van der Waals surface area contributed by atoms with Gasteiger partial charge in [-0.1, -0.05) is 50.2 Å². The number of benzene rings is 2. The second kappa shape index (κ2) is 14.5. The second-order valence-electron chi connectivity index (χ2n) is 12.1. The molecule has 2 heterocycles. The largest absolute Gasteiger partial charge is 0.485 e. The van der Waals surface area contributed by atoms with Gasteiger partial charge in [-0.15, -0.1) is 0 Å². The van der Waals surface area contributed by atoms with E-state index in [2.05, 4.69) is 38.1 Å². The first-order chi connectivity index (χ1) is 20.4. The Morgan fingerprint density at radius 3 is 2.26 bits per heavy atom. The molecular weight excluding hydrogens is 534 g/mol. The normalized spacial score (nSPS) is 28.0. The molecule has 8 nitrogen and oxygen atoms in total. The lowest BCUT2D eigenvalue weighted by Crippen LogP contribution is -2.64. The summed E-state index contributed by atoms with van der Waals surface area (Å²) in [5.41, 5.74) is 9.13. The Kier molecular flexibility index (Phi) is 11.3. The molecule has 5 N–H and O–H groups in total. The van der Waals surface area contributed by atoms with Crippen LogP contribution in [-0.2, 0) is 27.9 Å². The Labute approximate surface area is 251 Å². The van der Waals surface area contributed by atoms with Crippen LogP contribution in [0, 0.1) is 17.8 Å². The molecule has 1 spiro atoms. The zero-order valence-electron chi connectivity index (χ0n) is 25.8. The van der Waals surface area contributed by atoms with Gasteiger partial charge in [0.1, 0.15) is 6.61 Å². The van der Waals surface area contributed by atoms with Crippen molar-refractivity contribution in [3.63, 3.8) is 0 Å². The average molecular weight is 586 g/mol. The van der Waals surface area contributed by atoms with E-state index < -0.39 is 11.9 Å². The van der Waals surface area contributed by atoms with E-state index in [1.54, 1.807) is 0 Å². The van der Waals surface area contributed by atoms with E-state index in [0.717, 1.165) is 62.3 Å². The Hall–Kier alpha value is -2.20. The van der Waals surface area contributed by atoms with E-state index in [4.69, 9.17) is 40.0 Å². The van der Waals surface area contributed by atoms with E-state index in [1.165, 1.54) is 30.9 Å². The van der Waals surface area contributed by atoms with Crippen molar-refractivity contribution in [2.75, 3.05) is 33.5 Å². The Bertz CT molecular complexity index is 1110. The van der Waals surface area contributed by atoms with Crippen LogP contribution in [0.25, 0.3) is 0 Å². The number of aliphatic hydroxyl groups is 3. The maximum absolute atomic E-state index is 8.11. The molecule has 2 aliphatic heterocycles. The number of nitrogens with two attached hydrogens (primary N) is 1. The molecule has 8 heteroatoms. The summed E-state index contributed by atoms with van der Waals surface area (Å²) in [5, 5.41) is 23.0. The van der Waals surface area contributed by atoms with E-state index in [0.29, 0.717) is 31.7 Å². The first kappa shape index (κ1) is 32.7.